The molecule has 0 bridgehead atoms. The van der Waals surface area contributed by atoms with Crippen LogP contribution < -0.4 is 10.1 Å². The van der Waals surface area contributed by atoms with E-state index >= 15 is 0 Å². The van der Waals surface area contributed by atoms with Gasteiger partial charge in [-0.2, -0.15) is 0 Å². The van der Waals surface area contributed by atoms with Gasteiger partial charge in [0.15, 0.2) is 0 Å². The Bertz CT molecular complexity index is 658. The Labute approximate surface area is 140 Å². The minimum Gasteiger partial charge on any atom is -0.495 e. The summed E-state index contributed by atoms with van der Waals surface area (Å²) in [7, 11) is 1.59. The molecule has 2 aromatic rings. The van der Waals surface area contributed by atoms with Crippen LogP contribution in [0.5, 0.6) is 5.75 Å². The van der Waals surface area contributed by atoms with Crippen molar-refractivity contribution in [3.63, 3.8) is 0 Å². The Morgan fingerprint density at radius 1 is 1.30 bits per heavy atom. The van der Waals surface area contributed by atoms with Crippen molar-refractivity contribution in [3.8, 4) is 5.75 Å². The number of rotatable bonds is 3. The quantitative estimate of drug-likeness (QED) is 0.700. The summed E-state index contributed by atoms with van der Waals surface area (Å²) in [4.78, 5) is 12.3. The van der Waals surface area contributed by atoms with Crippen LogP contribution in [-0.2, 0) is 0 Å². The van der Waals surface area contributed by atoms with E-state index in [9.17, 15) is 4.79 Å². The number of halogens is 2. The number of nitrogens with one attached hydrogen (secondary N) is 1. The third kappa shape index (κ3) is 3.52. The highest BCUT2D eigenvalue weighted by molar-refractivity contribution is 14.1. The zero-order chi connectivity index (χ0) is 14.7. The molecule has 5 heteroatoms. The van der Waals surface area contributed by atoms with Gasteiger partial charge in [-0.15, -0.1) is 0 Å². The van der Waals surface area contributed by atoms with E-state index in [2.05, 4.69) is 43.8 Å². The Morgan fingerprint density at radius 3 is 2.70 bits per heavy atom. The van der Waals surface area contributed by atoms with Crippen molar-refractivity contribution in [2.75, 3.05) is 12.4 Å². The van der Waals surface area contributed by atoms with E-state index in [0.29, 0.717) is 17.0 Å². The van der Waals surface area contributed by atoms with Crippen LogP contribution >= 0.6 is 38.5 Å². The van der Waals surface area contributed by atoms with Crippen LogP contribution in [0.3, 0.4) is 0 Å². The lowest BCUT2D eigenvalue weighted by Gasteiger charge is -2.14. The van der Waals surface area contributed by atoms with Crippen molar-refractivity contribution in [1.29, 1.82) is 0 Å². The van der Waals surface area contributed by atoms with E-state index in [0.717, 1.165) is 13.6 Å². The smallest absolute Gasteiger partial charge is 0.255 e. The maximum Gasteiger partial charge on any atom is 0.255 e. The van der Waals surface area contributed by atoms with E-state index in [-0.39, 0.29) is 5.91 Å². The van der Waals surface area contributed by atoms with Crippen LogP contribution in [-0.4, -0.2) is 13.0 Å². The number of amides is 1. The fourth-order valence-electron chi connectivity index (χ4n) is 1.85. The van der Waals surface area contributed by atoms with Crippen LogP contribution in [0.25, 0.3) is 0 Å². The lowest BCUT2D eigenvalue weighted by molar-refractivity contribution is 0.102. The molecule has 0 fully saturated rings. The van der Waals surface area contributed by atoms with Crippen molar-refractivity contribution in [1.82, 2.24) is 0 Å². The van der Waals surface area contributed by atoms with Crippen LogP contribution in [0.15, 0.2) is 40.9 Å². The molecule has 1 N–H and O–H groups in total. The fourth-order valence-corrected chi connectivity index (χ4v) is 2.94. The van der Waals surface area contributed by atoms with Gasteiger partial charge in [0.1, 0.15) is 5.75 Å². The Hall–Kier alpha value is -1.08. The topological polar surface area (TPSA) is 38.3 Å². The van der Waals surface area contributed by atoms with Gasteiger partial charge < -0.3 is 10.1 Å². The van der Waals surface area contributed by atoms with E-state index in [1.807, 2.05) is 37.3 Å². The highest BCUT2D eigenvalue weighted by Crippen LogP contribution is 2.32. The number of carbonyl (C=O) groups is 1. The average molecular weight is 446 g/mol. The standard InChI is InChI=1S/C15H13BrINO2/c1-9-6-11(16)8-13(20-2)14(9)18-15(19)10-4-3-5-12(17)7-10/h3-8H,1-2H3,(H,18,19). The summed E-state index contributed by atoms with van der Waals surface area (Å²) in [5.74, 6) is 0.489. The van der Waals surface area contributed by atoms with Gasteiger partial charge >= 0.3 is 0 Å². The number of carbonyl (C=O) groups excluding carboxylic acids is 1. The number of hydrogen-bond acceptors (Lipinski definition) is 2. The van der Waals surface area contributed by atoms with Gasteiger partial charge in [0.2, 0.25) is 0 Å². The summed E-state index contributed by atoms with van der Waals surface area (Å²) in [6.07, 6.45) is 0. The van der Waals surface area contributed by atoms with E-state index in [1.165, 1.54) is 0 Å². The molecule has 2 rings (SSSR count). The van der Waals surface area contributed by atoms with Crippen LogP contribution in [0.1, 0.15) is 15.9 Å². The molecule has 0 aromatic heterocycles. The number of benzene rings is 2. The zero-order valence-corrected chi connectivity index (χ0v) is 14.8. The summed E-state index contributed by atoms with van der Waals surface area (Å²) < 4.78 is 7.26. The minimum absolute atomic E-state index is 0.146. The SMILES string of the molecule is COc1cc(Br)cc(C)c1NC(=O)c1cccc(I)c1. The third-order valence-electron chi connectivity index (χ3n) is 2.81. The van der Waals surface area contributed by atoms with Gasteiger partial charge in [-0.05, 0) is 65.4 Å². The molecule has 0 heterocycles. The minimum atomic E-state index is -0.146. The van der Waals surface area contributed by atoms with Gasteiger partial charge in [0.25, 0.3) is 5.91 Å². The van der Waals surface area contributed by atoms with Crippen LogP contribution in [0.4, 0.5) is 5.69 Å². The molecule has 0 aliphatic heterocycles. The highest BCUT2D eigenvalue weighted by Gasteiger charge is 2.13. The Morgan fingerprint density at radius 2 is 2.05 bits per heavy atom. The maximum absolute atomic E-state index is 12.3. The Kier molecular flexibility index (Phi) is 5.04. The molecule has 104 valence electrons. The Balaban J connectivity index is 2.32. The summed E-state index contributed by atoms with van der Waals surface area (Å²) in [5.41, 5.74) is 2.26. The van der Waals surface area contributed by atoms with Crippen molar-refractivity contribution in [2.24, 2.45) is 0 Å². The number of methoxy groups -OCH3 is 1. The molecule has 20 heavy (non-hydrogen) atoms. The molecular formula is C15H13BrINO2. The van der Waals surface area contributed by atoms with Crippen LogP contribution in [0.2, 0.25) is 0 Å². The fraction of sp³-hybridized carbons (Fsp3) is 0.133. The first-order chi connectivity index (χ1) is 9.51. The number of aryl methyl sites for hydroxylation is 1. The second-order valence-corrected chi connectivity index (χ2v) is 6.43. The molecule has 0 aliphatic carbocycles. The predicted octanol–water partition coefficient (Wildman–Crippen LogP) is 4.62. The number of ether oxygens (including phenoxy) is 1. The molecule has 3 nitrogen and oxygen atoms in total. The lowest BCUT2D eigenvalue weighted by atomic mass is 10.1. The first-order valence-corrected chi connectivity index (χ1v) is 7.79. The van der Waals surface area contributed by atoms with Gasteiger partial charge in [0, 0.05) is 13.6 Å². The molecule has 0 unspecified atom stereocenters. The average Bonchev–Trinajstić information content (AvgIpc) is 2.41. The lowest BCUT2D eigenvalue weighted by Crippen LogP contribution is -2.13. The van der Waals surface area contributed by atoms with Gasteiger partial charge in [-0.1, -0.05) is 22.0 Å². The van der Waals surface area contributed by atoms with Gasteiger partial charge in [-0.25, -0.2) is 0 Å². The van der Waals surface area contributed by atoms with Crippen molar-refractivity contribution in [2.45, 2.75) is 6.92 Å². The molecular weight excluding hydrogens is 433 g/mol. The largest absolute Gasteiger partial charge is 0.495 e. The van der Waals surface area contributed by atoms with Crippen molar-refractivity contribution in [3.05, 3.63) is 55.6 Å². The molecule has 0 saturated carbocycles. The molecule has 1 amide bonds. The summed E-state index contributed by atoms with van der Waals surface area (Å²) >= 11 is 5.60. The van der Waals surface area contributed by atoms with E-state index in [1.54, 1.807) is 13.2 Å². The normalized spacial score (nSPS) is 10.2. The summed E-state index contributed by atoms with van der Waals surface area (Å²) in [6, 6.07) is 11.2. The highest BCUT2D eigenvalue weighted by atomic mass is 127. The molecule has 0 spiro atoms. The van der Waals surface area contributed by atoms with E-state index in [4.69, 9.17) is 4.74 Å². The van der Waals surface area contributed by atoms with Crippen molar-refractivity contribution >= 4 is 50.1 Å². The van der Waals surface area contributed by atoms with Crippen LogP contribution in [0, 0.1) is 10.5 Å². The third-order valence-corrected chi connectivity index (χ3v) is 3.94. The second-order valence-electron chi connectivity index (χ2n) is 4.26. The first kappa shape index (κ1) is 15.3. The molecule has 2 aromatic carbocycles. The monoisotopic (exact) mass is 445 g/mol. The van der Waals surface area contributed by atoms with Crippen molar-refractivity contribution < 1.29 is 9.53 Å². The van der Waals surface area contributed by atoms with Gasteiger partial charge in [0.05, 0.1) is 12.8 Å². The number of hydrogen-bond donors (Lipinski definition) is 1. The van der Waals surface area contributed by atoms with Gasteiger partial charge in [-0.3, -0.25) is 4.79 Å². The van der Waals surface area contributed by atoms with E-state index < -0.39 is 0 Å². The summed E-state index contributed by atoms with van der Waals surface area (Å²) in [5, 5.41) is 2.91. The molecule has 0 atom stereocenters. The first-order valence-electron chi connectivity index (χ1n) is 5.92. The molecule has 0 radical (unpaired) electrons. The summed E-state index contributed by atoms with van der Waals surface area (Å²) in [6.45, 7) is 1.93. The molecule has 0 saturated heterocycles. The molecule has 0 aliphatic rings. The predicted molar refractivity (Wildman–Crippen MR) is 92.5 cm³/mol. The second kappa shape index (κ2) is 6.58. The zero-order valence-electron chi connectivity index (χ0n) is 11.0. The maximum atomic E-state index is 12.3. The number of anilines is 1.